The number of aryl methyl sites for hydroxylation is 1. The van der Waals surface area contributed by atoms with Crippen LogP contribution in [0.4, 0.5) is 13.2 Å². The van der Waals surface area contributed by atoms with Gasteiger partial charge in [0.15, 0.2) is 0 Å². The second-order valence-electron chi connectivity index (χ2n) is 5.69. The van der Waals surface area contributed by atoms with Gasteiger partial charge in [-0.2, -0.15) is 13.2 Å². The molecule has 0 unspecified atom stereocenters. The van der Waals surface area contributed by atoms with Gasteiger partial charge in [0.05, 0.1) is 16.6 Å². The van der Waals surface area contributed by atoms with E-state index in [2.05, 4.69) is 10.3 Å². The summed E-state index contributed by atoms with van der Waals surface area (Å²) in [6, 6.07) is 3.77. The molecule has 0 amide bonds. The van der Waals surface area contributed by atoms with Gasteiger partial charge in [-0.3, -0.25) is 0 Å². The summed E-state index contributed by atoms with van der Waals surface area (Å²) >= 11 is 0. The van der Waals surface area contributed by atoms with Gasteiger partial charge in [0, 0.05) is 13.5 Å². The maximum Gasteiger partial charge on any atom is 0.416 e. The summed E-state index contributed by atoms with van der Waals surface area (Å²) in [6.45, 7) is 2.01. The number of fused-ring (bicyclic) bond motifs is 1. The lowest BCUT2D eigenvalue weighted by Crippen LogP contribution is -2.29. The molecule has 1 aromatic carbocycles. The molecule has 21 heavy (non-hydrogen) atoms. The molecule has 1 saturated heterocycles. The van der Waals surface area contributed by atoms with Crippen LogP contribution in [0.3, 0.4) is 0 Å². The number of piperidine rings is 1. The van der Waals surface area contributed by atoms with Crippen molar-refractivity contribution in [3.05, 3.63) is 29.6 Å². The lowest BCUT2D eigenvalue weighted by Gasteiger charge is -2.22. The van der Waals surface area contributed by atoms with Crippen molar-refractivity contribution in [2.75, 3.05) is 13.1 Å². The molecule has 0 atom stereocenters. The zero-order valence-electron chi connectivity index (χ0n) is 11.9. The average Bonchev–Trinajstić information content (AvgIpc) is 2.75. The Bertz CT molecular complexity index is 639. The van der Waals surface area contributed by atoms with Gasteiger partial charge in [-0.25, -0.2) is 4.98 Å². The van der Waals surface area contributed by atoms with Crippen molar-refractivity contribution >= 4 is 11.0 Å². The summed E-state index contributed by atoms with van der Waals surface area (Å²) in [6.07, 6.45) is -1.30. The molecule has 2 heterocycles. The zero-order valence-corrected chi connectivity index (χ0v) is 11.9. The number of nitrogens with one attached hydrogen (secondary N) is 1. The van der Waals surface area contributed by atoms with E-state index in [4.69, 9.17) is 0 Å². The number of hydrogen-bond acceptors (Lipinski definition) is 2. The highest BCUT2D eigenvalue weighted by molar-refractivity contribution is 5.77. The molecule has 0 radical (unpaired) electrons. The second-order valence-corrected chi connectivity index (χ2v) is 5.69. The van der Waals surface area contributed by atoms with Gasteiger partial charge < -0.3 is 9.88 Å². The fraction of sp³-hybridized carbons (Fsp3) is 0.533. The smallest absolute Gasteiger partial charge is 0.331 e. The first-order valence-corrected chi connectivity index (χ1v) is 7.18. The highest BCUT2D eigenvalue weighted by Crippen LogP contribution is 2.31. The van der Waals surface area contributed by atoms with Gasteiger partial charge in [-0.1, -0.05) is 0 Å². The fourth-order valence-electron chi connectivity index (χ4n) is 2.95. The van der Waals surface area contributed by atoms with Gasteiger partial charge in [-0.15, -0.1) is 0 Å². The minimum atomic E-state index is -4.32. The first kappa shape index (κ1) is 14.4. The van der Waals surface area contributed by atoms with Crippen LogP contribution >= 0.6 is 0 Å². The van der Waals surface area contributed by atoms with Crippen LogP contribution in [0.25, 0.3) is 11.0 Å². The summed E-state index contributed by atoms with van der Waals surface area (Å²) in [4.78, 5) is 4.42. The van der Waals surface area contributed by atoms with Crippen LogP contribution in [0, 0.1) is 5.92 Å². The predicted octanol–water partition coefficient (Wildman–Crippen LogP) is 3.13. The van der Waals surface area contributed by atoms with E-state index in [0.717, 1.165) is 55.8 Å². The number of nitrogens with zero attached hydrogens (tertiary/aromatic N) is 2. The molecule has 1 aliphatic rings. The van der Waals surface area contributed by atoms with Crippen LogP contribution in [0.5, 0.6) is 0 Å². The van der Waals surface area contributed by atoms with Crippen molar-refractivity contribution in [1.29, 1.82) is 0 Å². The van der Waals surface area contributed by atoms with E-state index in [0.29, 0.717) is 11.4 Å². The molecule has 0 aliphatic carbocycles. The van der Waals surface area contributed by atoms with E-state index in [1.165, 1.54) is 6.07 Å². The molecule has 1 aliphatic heterocycles. The molecule has 1 aromatic heterocycles. The topological polar surface area (TPSA) is 29.9 Å². The summed E-state index contributed by atoms with van der Waals surface area (Å²) in [5, 5.41) is 3.31. The van der Waals surface area contributed by atoms with Gasteiger partial charge in [-0.05, 0) is 50.0 Å². The molecular formula is C15H18F3N3. The van der Waals surface area contributed by atoms with Crippen molar-refractivity contribution in [2.45, 2.75) is 25.4 Å². The van der Waals surface area contributed by atoms with Crippen molar-refractivity contribution in [3.8, 4) is 0 Å². The summed E-state index contributed by atoms with van der Waals surface area (Å²) in [5.41, 5.74) is 0.546. The van der Waals surface area contributed by atoms with E-state index in [1.807, 2.05) is 11.6 Å². The second kappa shape index (κ2) is 5.33. The van der Waals surface area contributed by atoms with Crippen molar-refractivity contribution in [1.82, 2.24) is 14.9 Å². The van der Waals surface area contributed by atoms with E-state index < -0.39 is 11.7 Å². The van der Waals surface area contributed by atoms with Crippen LogP contribution < -0.4 is 5.32 Å². The maximum atomic E-state index is 12.8. The number of rotatable bonds is 2. The number of benzene rings is 1. The molecular weight excluding hydrogens is 279 g/mol. The first-order valence-electron chi connectivity index (χ1n) is 7.18. The van der Waals surface area contributed by atoms with Gasteiger partial charge in [0.1, 0.15) is 5.82 Å². The minimum Gasteiger partial charge on any atom is -0.331 e. The lowest BCUT2D eigenvalue weighted by atomic mass is 9.94. The highest BCUT2D eigenvalue weighted by Gasteiger charge is 2.31. The molecule has 0 saturated carbocycles. The lowest BCUT2D eigenvalue weighted by molar-refractivity contribution is -0.137. The van der Waals surface area contributed by atoms with Crippen molar-refractivity contribution < 1.29 is 13.2 Å². The maximum absolute atomic E-state index is 12.8. The third-order valence-corrected chi connectivity index (χ3v) is 4.23. The fourth-order valence-corrected chi connectivity index (χ4v) is 2.95. The normalized spacial score (nSPS) is 17.5. The Labute approximate surface area is 121 Å². The standard InChI is InChI=1S/C15H18F3N3/c1-21-13-3-2-11(15(16,17)18)9-12(13)20-14(21)8-10-4-6-19-7-5-10/h2-3,9-10,19H,4-8H2,1H3. The number of alkyl halides is 3. The molecule has 6 heteroatoms. The number of aromatic nitrogens is 2. The molecule has 0 spiro atoms. The van der Waals surface area contributed by atoms with E-state index >= 15 is 0 Å². The number of imidazole rings is 1. The summed E-state index contributed by atoms with van der Waals surface area (Å²) < 4.78 is 40.2. The van der Waals surface area contributed by atoms with Crippen LogP contribution in [0.1, 0.15) is 24.2 Å². The number of halogens is 3. The van der Waals surface area contributed by atoms with Crippen molar-refractivity contribution in [2.24, 2.45) is 13.0 Å². The average molecular weight is 297 g/mol. The van der Waals surface area contributed by atoms with E-state index in [9.17, 15) is 13.2 Å². The molecule has 2 aromatic rings. The molecule has 1 N–H and O–H groups in total. The Balaban J connectivity index is 1.91. The van der Waals surface area contributed by atoms with Crippen LogP contribution in [0.2, 0.25) is 0 Å². The molecule has 114 valence electrons. The Morgan fingerprint density at radius 3 is 2.67 bits per heavy atom. The van der Waals surface area contributed by atoms with Gasteiger partial charge in [0.25, 0.3) is 0 Å². The third-order valence-electron chi connectivity index (χ3n) is 4.23. The number of hydrogen-bond donors (Lipinski definition) is 1. The molecule has 3 nitrogen and oxygen atoms in total. The Morgan fingerprint density at radius 1 is 1.29 bits per heavy atom. The van der Waals surface area contributed by atoms with Crippen LogP contribution in [-0.4, -0.2) is 22.6 Å². The molecule has 0 bridgehead atoms. The minimum absolute atomic E-state index is 0.427. The Morgan fingerprint density at radius 2 is 2.00 bits per heavy atom. The van der Waals surface area contributed by atoms with Gasteiger partial charge in [0.2, 0.25) is 0 Å². The molecule has 3 rings (SSSR count). The predicted molar refractivity (Wildman–Crippen MR) is 75.0 cm³/mol. The Kier molecular flexibility index (Phi) is 3.65. The largest absolute Gasteiger partial charge is 0.416 e. The first-order chi connectivity index (χ1) is 9.95. The molecule has 1 fully saturated rings. The SMILES string of the molecule is Cn1c(CC2CCNCC2)nc2cc(C(F)(F)F)ccc21. The summed E-state index contributed by atoms with van der Waals surface area (Å²) in [5.74, 6) is 1.43. The quantitative estimate of drug-likeness (QED) is 0.923. The Hall–Kier alpha value is -1.56. The van der Waals surface area contributed by atoms with Crippen LogP contribution in [0.15, 0.2) is 18.2 Å². The zero-order chi connectivity index (χ0) is 15.0. The van der Waals surface area contributed by atoms with E-state index in [-0.39, 0.29) is 0 Å². The van der Waals surface area contributed by atoms with Crippen LogP contribution in [-0.2, 0) is 19.6 Å². The van der Waals surface area contributed by atoms with E-state index in [1.54, 1.807) is 0 Å². The summed E-state index contributed by atoms with van der Waals surface area (Å²) in [7, 11) is 1.87. The monoisotopic (exact) mass is 297 g/mol. The van der Waals surface area contributed by atoms with Gasteiger partial charge >= 0.3 is 6.18 Å². The third kappa shape index (κ3) is 2.90. The highest BCUT2D eigenvalue weighted by atomic mass is 19.4. The van der Waals surface area contributed by atoms with Crippen molar-refractivity contribution in [3.63, 3.8) is 0 Å².